The summed E-state index contributed by atoms with van der Waals surface area (Å²) < 4.78 is 0.971. The van der Waals surface area contributed by atoms with Crippen LogP contribution in [0, 0.1) is 0 Å². The van der Waals surface area contributed by atoms with Crippen LogP contribution in [0.1, 0.15) is 25.7 Å². The molecule has 0 radical (unpaired) electrons. The summed E-state index contributed by atoms with van der Waals surface area (Å²) in [6, 6.07) is 1.12. The number of ketones is 1. The zero-order valence-corrected chi connectivity index (χ0v) is 7.34. The minimum absolute atomic E-state index is 0.341. The fourth-order valence-corrected chi connectivity index (χ4v) is 2.75. The minimum atomic E-state index is 0.341. The number of fused-ring (bicyclic) bond motifs is 2. The Labute approximate surface area is 67.8 Å². The van der Waals surface area contributed by atoms with E-state index in [-0.39, 0.29) is 0 Å². The van der Waals surface area contributed by atoms with Gasteiger partial charge < -0.3 is 4.48 Å². The molecule has 2 atom stereocenters. The lowest BCUT2D eigenvalue weighted by molar-refractivity contribution is -0.919. The number of quaternary nitrogens is 1. The lowest BCUT2D eigenvalue weighted by Gasteiger charge is -2.40. The first kappa shape index (κ1) is 7.29. The highest BCUT2D eigenvalue weighted by Crippen LogP contribution is 2.37. The Hall–Kier alpha value is -0.370. The predicted octanol–water partition coefficient (Wildman–Crippen LogP) is 0.957. The average molecular weight is 154 g/mol. The maximum atomic E-state index is 11.5. The van der Waals surface area contributed by atoms with Crippen molar-refractivity contribution in [3.63, 3.8) is 0 Å². The van der Waals surface area contributed by atoms with Gasteiger partial charge in [-0.25, -0.2) is 0 Å². The third-order valence-electron chi connectivity index (χ3n) is 3.61. The Kier molecular flexibility index (Phi) is 1.37. The van der Waals surface area contributed by atoms with Gasteiger partial charge in [0, 0.05) is 25.7 Å². The molecule has 2 aliphatic heterocycles. The number of carbonyl (C=O) groups excluding carboxylic acids is 1. The van der Waals surface area contributed by atoms with Gasteiger partial charge in [-0.15, -0.1) is 0 Å². The molecule has 0 spiro atoms. The van der Waals surface area contributed by atoms with E-state index in [2.05, 4.69) is 14.1 Å². The highest BCUT2D eigenvalue weighted by molar-refractivity contribution is 5.84. The Morgan fingerprint density at radius 2 is 2.00 bits per heavy atom. The standard InChI is InChI=1S/C9H16NO/c1-10(2)7-3-5-8(10)9(11)6-4-7/h7-8H,3-6H2,1-2H3/q+1/t7-,8+/m1/s1. The molecule has 0 amide bonds. The highest BCUT2D eigenvalue weighted by Gasteiger charge is 2.49. The summed E-state index contributed by atoms with van der Waals surface area (Å²) in [6.45, 7) is 0. The number of piperidine rings is 1. The maximum Gasteiger partial charge on any atom is 0.190 e. The summed E-state index contributed by atoms with van der Waals surface area (Å²) in [4.78, 5) is 11.5. The van der Waals surface area contributed by atoms with Crippen LogP contribution in [0.15, 0.2) is 0 Å². The molecule has 2 saturated heterocycles. The number of carbonyl (C=O) groups is 1. The molecule has 0 aromatic carbocycles. The second kappa shape index (κ2) is 2.07. The number of Topliss-reactive ketones (excluding diaryl/α,β-unsaturated/α-hetero) is 1. The second-order valence-corrected chi connectivity index (χ2v) is 4.38. The first-order valence-corrected chi connectivity index (χ1v) is 4.48. The van der Waals surface area contributed by atoms with E-state index in [1.54, 1.807) is 0 Å². The van der Waals surface area contributed by atoms with Crippen molar-refractivity contribution in [3.8, 4) is 0 Å². The van der Waals surface area contributed by atoms with Crippen LogP contribution >= 0.6 is 0 Å². The average Bonchev–Trinajstić information content (AvgIpc) is 2.15. The Morgan fingerprint density at radius 3 is 2.64 bits per heavy atom. The van der Waals surface area contributed by atoms with Gasteiger partial charge in [0.2, 0.25) is 0 Å². The summed E-state index contributed by atoms with van der Waals surface area (Å²) in [5, 5.41) is 0. The van der Waals surface area contributed by atoms with Crippen molar-refractivity contribution < 1.29 is 9.28 Å². The lowest BCUT2D eigenvalue weighted by Crippen LogP contribution is -2.56. The number of hydrogen-bond donors (Lipinski definition) is 0. The molecule has 2 bridgehead atoms. The largest absolute Gasteiger partial charge is 0.317 e. The van der Waals surface area contributed by atoms with E-state index in [9.17, 15) is 4.79 Å². The first-order chi connectivity index (χ1) is 5.12. The molecule has 2 heterocycles. The summed E-state index contributed by atoms with van der Waals surface area (Å²) in [7, 11) is 4.42. The molecule has 0 unspecified atom stereocenters. The summed E-state index contributed by atoms with van der Waals surface area (Å²) in [5.74, 6) is 0.503. The summed E-state index contributed by atoms with van der Waals surface area (Å²) >= 11 is 0. The zero-order chi connectivity index (χ0) is 8.06. The topological polar surface area (TPSA) is 17.1 Å². The number of nitrogens with zero attached hydrogens (tertiary/aromatic N) is 1. The van der Waals surface area contributed by atoms with Crippen molar-refractivity contribution >= 4 is 5.78 Å². The normalized spacial score (nSPS) is 41.1. The van der Waals surface area contributed by atoms with Crippen molar-refractivity contribution in [2.24, 2.45) is 0 Å². The van der Waals surface area contributed by atoms with E-state index >= 15 is 0 Å². The van der Waals surface area contributed by atoms with E-state index in [4.69, 9.17) is 0 Å². The highest BCUT2D eigenvalue weighted by atomic mass is 16.1. The molecule has 2 heteroatoms. The third kappa shape index (κ3) is 0.853. The van der Waals surface area contributed by atoms with E-state index in [1.807, 2.05) is 0 Å². The molecular weight excluding hydrogens is 138 g/mol. The minimum Gasteiger partial charge on any atom is -0.317 e. The molecule has 2 aliphatic rings. The maximum absolute atomic E-state index is 11.5. The molecule has 62 valence electrons. The van der Waals surface area contributed by atoms with Crippen molar-refractivity contribution in [2.75, 3.05) is 14.1 Å². The molecule has 0 saturated carbocycles. The van der Waals surface area contributed by atoms with Crippen molar-refractivity contribution in [2.45, 2.75) is 37.8 Å². The fraction of sp³-hybridized carbons (Fsp3) is 0.889. The number of hydrogen-bond acceptors (Lipinski definition) is 1. The van der Waals surface area contributed by atoms with Crippen LogP contribution in [0.2, 0.25) is 0 Å². The van der Waals surface area contributed by atoms with Gasteiger partial charge in [0.05, 0.1) is 20.1 Å². The zero-order valence-electron chi connectivity index (χ0n) is 7.34. The van der Waals surface area contributed by atoms with Gasteiger partial charge in [-0.3, -0.25) is 4.79 Å². The molecule has 2 rings (SSSR count). The lowest BCUT2D eigenvalue weighted by atomic mass is 10.00. The Morgan fingerprint density at radius 1 is 1.27 bits per heavy atom. The van der Waals surface area contributed by atoms with Gasteiger partial charge >= 0.3 is 0 Å². The Bertz CT molecular complexity index is 198. The molecule has 0 N–H and O–H groups in total. The van der Waals surface area contributed by atoms with Crippen molar-refractivity contribution in [1.82, 2.24) is 0 Å². The molecule has 2 nitrogen and oxygen atoms in total. The molecule has 11 heavy (non-hydrogen) atoms. The van der Waals surface area contributed by atoms with Gasteiger partial charge in [-0.1, -0.05) is 0 Å². The van der Waals surface area contributed by atoms with Crippen LogP contribution in [0.5, 0.6) is 0 Å². The summed E-state index contributed by atoms with van der Waals surface area (Å²) in [6.07, 6.45) is 4.37. The second-order valence-electron chi connectivity index (χ2n) is 4.38. The molecule has 2 fully saturated rings. The van der Waals surface area contributed by atoms with E-state index in [0.717, 1.165) is 29.8 Å². The monoisotopic (exact) mass is 154 g/mol. The first-order valence-electron chi connectivity index (χ1n) is 4.48. The molecular formula is C9H16NO+. The number of rotatable bonds is 0. The van der Waals surface area contributed by atoms with Crippen LogP contribution < -0.4 is 0 Å². The predicted molar refractivity (Wildman–Crippen MR) is 43.2 cm³/mol. The van der Waals surface area contributed by atoms with Crippen LogP contribution in [0.25, 0.3) is 0 Å². The van der Waals surface area contributed by atoms with E-state index in [1.165, 1.54) is 6.42 Å². The van der Waals surface area contributed by atoms with Gasteiger partial charge in [0.1, 0.15) is 6.04 Å². The van der Waals surface area contributed by atoms with Gasteiger partial charge in [-0.05, 0) is 0 Å². The van der Waals surface area contributed by atoms with Crippen LogP contribution in [0.3, 0.4) is 0 Å². The van der Waals surface area contributed by atoms with Gasteiger partial charge in [0.15, 0.2) is 5.78 Å². The van der Waals surface area contributed by atoms with E-state index < -0.39 is 0 Å². The van der Waals surface area contributed by atoms with Gasteiger partial charge in [0.25, 0.3) is 0 Å². The van der Waals surface area contributed by atoms with E-state index in [0.29, 0.717) is 11.8 Å². The number of likely N-dealkylation sites (N-methyl/N-ethyl adjacent to an activating group) is 1. The molecule has 0 aromatic rings. The fourth-order valence-electron chi connectivity index (χ4n) is 2.75. The molecule has 0 aromatic heterocycles. The Balaban J connectivity index is 2.31. The van der Waals surface area contributed by atoms with Crippen LogP contribution in [-0.4, -0.2) is 36.4 Å². The van der Waals surface area contributed by atoms with Crippen LogP contribution in [0.4, 0.5) is 0 Å². The van der Waals surface area contributed by atoms with Crippen molar-refractivity contribution in [3.05, 3.63) is 0 Å². The SMILES string of the molecule is C[N+]1(C)[C@H]2CCC(=O)[C@@H]1CC2. The van der Waals surface area contributed by atoms with Gasteiger partial charge in [-0.2, -0.15) is 0 Å². The third-order valence-corrected chi connectivity index (χ3v) is 3.61. The smallest absolute Gasteiger partial charge is 0.190 e. The van der Waals surface area contributed by atoms with Crippen LogP contribution in [-0.2, 0) is 4.79 Å². The van der Waals surface area contributed by atoms with Crippen molar-refractivity contribution in [1.29, 1.82) is 0 Å². The summed E-state index contributed by atoms with van der Waals surface area (Å²) in [5.41, 5.74) is 0. The quantitative estimate of drug-likeness (QED) is 0.475. The molecule has 0 aliphatic carbocycles.